The highest BCUT2D eigenvalue weighted by Crippen LogP contribution is 2.32. The van der Waals surface area contributed by atoms with Crippen LogP contribution in [0.5, 0.6) is 0 Å². The summed E-state index contributed by atoms with van der Waals surface area (Å²) in [5, 5.41) is 3.79. The van der Waals surface area contributed by atoms with Crippen LogP contribution in [0.25, 0.3) is 0 Å². The molecule has 0 aromatic rings. The largest absolute Gasteiger partial charge is 0.378 e. The van der Waals surface area contributed by atoms with Crippen molar-refractivity contribution in [2.24, 2.45) is 0 Å². The third-order valence-corrected chi connectivity index (χ3v) is 5.06. The lowest BCUT2D eigenvalue weighted by atomic mass is 9.94. The predicted octanol–water partition coefficient (Wildman–Crippen LogP) is 2.16. The number of hydrogen-bond donors (Lipinski definition) is 1. The first-order valence-corrected chi connectivity index (χ1v) is 7.95. The third kappa shape index (κ3) is 3.06. The van der Waals surface area contributed by atoms with E-state index in [2.05, 4.69) is 10.2 Å². The molecule has 18 heavy (non-hydrogen) atoms. The Morgan fingerprint density at radius 3 is 2.83 bits per heavy atom. The highest BCUT2D eigenvalue weighted by atomic mass is 16.5. The SMILES string of the molecule is C1CCC(CCN2CCNC3(CCCC3)C2)OC1. The van der Waals surface area contributed by atoms with Crippen molar-refractivity contribution < 1.29 is 4.74 Å². The van der Waals surface area contributed by atoms with Crippen LogP contribution in [0.4, 0.5) is 0 Å². The summed E-state index contributed by atoms with van der Waals surface area (Å²) in [4.78, 5) is 2.68. The fraction of sp³-hybridized carbons (Fsp3) is 1.00. The Morgan fingerprint density at radius 1 is 1.17 bits per heavy atom. The number of nitrogens with zero attached hydrogens (tertiary/aromatic N) is 1. The molecule has 3 rings (SSSR count). The van der Waals surface area contributed by atoms with Gasteiger partial charge in [-0.1, -0.05) is 12.8 Å². The second-order valence-electron chi connectivity index (χ2n) is 6.47. The minimum absolute atomic E-state index is 0.478. The first kappa shape index (κ1) is 12.9. The molecule has 104 valence electrons. The van der Waals surface area contributed by atoms with E-state index in [0.29, 0.717) is 11.6 Å². The molecule has 0 aromatic carbocycles. The molecule has 2 saturated heterocycles. The zero-order valence-electron chi connectivity index (χ0n) is 11.6. The Labute approximate surface area is 111 Å². The van der Waals surface area contributed by atoms with E-state index in [1.165, 1.54) is 77.5 Å². The van der Waals surface area contributed by atoms with Gasteiger partial charge in [0.15, 0.2) is 0 Å². The molecule has 1 N–H and O–H groups in total. The van der Waals surface area contributed by atoms with Crippen molar-refractivity contribution in [1.82, 2.24) is 10.2 Å². The molecule has 1 aliphatic carbocycles. The summed E-state index contributed by atoms with van der Waals surface area (Å²) in [6.45, 7) is 5.93. The highest BCUT2D eigenvalue weighted by Gasteiger charge is 2.37. The van der Waals surface area contributed by atoms with Gasteiger partial charge in [-0.25, -0.2) is 0 Å². The molecule has 0 aromatic heterocycles. The van der Waals surface area contributed by atoms with Crippen LogP contribution < -0.4 is 5.32 Å². The summed E-state index contributed by atoms with van der Waals surface area (Å²) in [6.07, 6.45) is 11.4. The van der Waals surface area contributed by atoms with Crippen molar-refractivity contribution >= 4 is 0 Å². The summed E-state index contributed by atoms with van der Waals surface area (Å²) in [7, 11) is 0. The second-order valence-corrected chi connectivity index (χ2v) is 6.47. The Hall–Kier alpha value is -0.120. The van der Waals surface area contributed by atoms with Crippen molar-refractivity contribution in [1.29, 1.82) is 0 Å². The normalized spacial score (nSPS) is 33.0. The van der Waals surface area contributed by atoms with Crippen LogP contribution in [-0.4, -0.2) is 49.3 Å². The minimum Gasteiger partial charge on any atom is -0.378 e. The summed E-state index contributed by atoms with van der Waals surface area (Å²) in [5.41, 5.74) is 0.478. The lowest BCUT2D eigenvalue weighted by Crippen LogP contribution is -2.59. The Kier molecular flexibility index (Phi) is 4.22. The molecule has 0 bridgehead atoms. The molecule has 1 unspecified atom stereocenters. The number of hydrogen-bond acceptors (Lipinski definition) is 3. The molecule has 3 nitrogen and oxygen atoms in total. The molecule has 2 aliphatic heterocycles. The van der Waals surface area contributed by atoms with Gasteiger partial charge in [0.25, 0.3) is 0 Å². The number of rotatable bonds is 3. The Bertz CT molecular complexity index is 257. The minimum atomic E-state index is 0.478. The Balaban J connectivity index is 1.44. The lowest BCUT2D eigenvalue weighted by Gasteiger charge is -2.42. The average Bonchev–Trinajstić information content (AvgIpc) is 2.86. The van der Waals surface area contributed by atoms with Gasteiger partial charge in [0.1, 0.15) is 0 Å². The first-order chi connectivity index (χ1) is 8.86. The van der Waals surface area contributed by atoms with Gasteiger partial charge in [0, 0.05) is 38.3 Å². The molecular weight excluding hydrogens is 224 g/mol. The maximum atomic E-state index is 5.84. The molecule has 3 fully saturated rings. The number of ether oxygens (including phenoxy) is 1. The van der Waals surface area contributed by atoms with Crippen LogP contribution in [0.2, 0.25) is 0 Å². The zero-order chi connectivity index (χ0) is 12.3. The Morgan fingerprint density at radius 2 is 2.06 bits per heavy atom. The number of piperazine rings is 1. The van der Waals surface area contributed by atoms with Gasteiger partial charge in [0.2, 0.25) is 0 Å². The molecule has 0 radical (unpaired) electrons. The van der Waals surface area contributed by atoms with E-state index in [1.54, 1.807) is 0 Å². The van der Waals surface area contributed by atoms with E-state index in [4.69, 9.17) is 4.74 Å². The monoisotopic (exact) mass is 252 g/mol. The summed E-state index contributed by atoms with van der Waals surface area (Å²) >= 11 is 0. The summed E-state index contributed by atoms with van der Waals surface area (Å²) in [5.74, 6) is 0. The van der Waals surface area contributed by atoms with Gasteiger partial charge in [0.05, 0.1) is 6.10 Å². The standard InChI is InChI=1S/C15H28N2O/c1-4-12-18-14(5-1)6-10-17-11-9-16-15(13-17)7-2-3-8-15/h14,16H,1-13H2. The van der Waals surface area contributed by atoms with Crippen molar-refractivity contribution in [3.05, 3.63) is 0 Å². The molecule has 0 amide bonds. The van der Waals surface area contributed by atoms with E-state index in [-0.39, 0.29) is 0 Å². The predicted molar refractivity (Wildman–Crippen MR) is 73.8 cm³/mol. The smallest absolute Gasteiger partial charge is 0.0587 e. The quantitative estimate of drug-likeness (QED) is 0.833. The molecular formula is C15H28N2O. The van der Waals surface area contributed by atoms with Crippen LogP contribution in [-0.2, 0) is 4.74 Å². The lowest BCUT2D eigenvalue weighted by molar-refractivity contribution is 0.00189. The van der Waals surface area contributed by atoms with Crippen molar-refractivity contribution in [3.63, 3.8) is 0 Å². The fourth-order valence-corrected chi connectivity index (χ4v) is 3.98. The first-order valence-electron chi connectivity index (χ1n) is 7.95. The van der Waals surface area contributed by atoms with Gasteiger partial charge in [-0.2, -0.15) is 0 Å². The maximum Gasteiger partial charge on any atom is 0.0587 e. The van der Waals surface area contributed by atoms with Crippen LogP contribution in [0.1, 0.15) is 51.4 Å². The molecule has 1 saturated carbocycles. The van der Waals surface area contributed by atoms with Crippen LogP contribution in [0.15, 0.2) is 0 Å². The van der Waals surface area contributed by atoms with Crippen LogP contribution >= 0.6 is 0 Å². The molecule has 3 heteroatoms. The van der Waals surface area contributed by atoms with Gasteiger partial charge >= 0.3 is 0 Å². The van der Waals surface area contributed by atoms with Crippen molar-refractivity contribution in [2.75, 3.05) is 32.8 Å². The van der Waals surface area contributed by atoms with E-state index >= 15 is 0 Å². The van der Waals surface area contributed by atoms with E-state index in [1.807, 2.05) is 0 Å². The summed E-state index contributed by atoms with van der Waals surface area (Å²) in [6, 6.07) is 0. The molecule has 1 atom stereocenters. The van der Waals surface area contributed by atoms with Gasteiger partial charge in [-0.05, 0) is 38.5 Å². The summed E-state index contributed by atoms with van der Waals surface area (Å²) < 4.78 is 5.84. The maximum absolute atomic E-state index is 5.84. The van der Waals surface area contributed by atoms with E-state index in [9.17, 15) is 0 Å². The van der Waals surface area contributed by atoms with E-state index in [0.717, 1.165) is 6.61 Å². The molecule has 2 heterocycles. The molecule has 3 aliphatic rings. The number of nitrogens with one attached hydrogen (secondary N) is 1. The molecule has 1 spiro atoms. The van der Waals surface area contributed by atoms with Gasteiger partial charge in [-0.15, -0.1) is 0 Å². The van der Waals surface area contributed by atoms with Crippen LogP contribution in [0, 0.1) is 0 Å². The fourth-order valence-electron chi connectivity index (χ4n) is 3.98. The van der Waals surface area contributed by atoms with Gasteiger partial charge in [-0.3, -0.25) is 0 Å². The third-order valence-electron chi connectivity index (χ3n) is 5.06. The second kappa shape index (κ2) is 5.89. The van der Waals surface area contributed by atoms with E-state index < -0.39 is 0 Å². The van der Waals surface area contributed by atoms with Gasteiger partial charge < -0.3 is 15.0 Å². The topological polar surface area (TPSA) is 24.5 Å². The zero-order valence-corrected chi connectivity index (χ0v) is 11.6. The van der Waals surface area contributed by atoms with Crippen LogP contribution in [0.3, 0.4) is 0 Å². The van der Waals surface area contributed by atoms with Crippen molar-refractivity contribution in [3.8, 4) is 0 Å². The average molecular weight is 252 g/mol. The van der Waals surface area contributed by atoms with Crippen molar-refractivity contribution in [2.45, 2.75) is 63.0 Å². The highest BCUT2D eigenvalue weighted by molar-refractivity contribution is 4.98.